The summed E-state index contributed by atoms with van der Waals surface area (Å²) in [6.45, 7) is 9.01. The van der Waals surface area contributed by atoms with Gasteiger partial charge in [0, 0.05) is 33.5 Å². The molecule has 0 saturated carbocycles. The molecule has 1 nitrogen and oxygen atoms in total. The molecule has 10 aromatic rings. The van der Waals surface area contributed by atoms with E-state index in [1.165, 1.54) is 34.4 Å². The Morgan fingerprint density at radius 1 is 0.348 bits per heavy atom. The lowest BCUT2D eigenvalue weighted by Gasteiger charge is -2.33. The Morgan fingerprint density at radius 2 is 0.884 bits per heavy atom. The second-order valence-electron chi connectivity index (χ2n) is 19.5. The fourth-order valence-corrected chi connectivity index (χ4v) is 12.5. The molecule has 0 atom stereocenters. The van der Waals surface area contributed by atoms with Crippen LogP contribution >= 0.6 is 0 Å². The van der Waals surface area contributed by atoms with E-state index in [0.29, 0.717) is 11.1 Å². The Hall–Kier alpha value is -8.14. The highest BCUT2D eigenvalue weighted by molar-refractivity contribution is 6.02. The Balaban J connectivity index is 1.14. The van der Waals surface area contributed by atoms with Crippen LogP contribution in [0.5, 0.6) is 0 Å². The number of hydrogen-bond acceptors (Lipinski definition) is 1. The average Bonchev–Trinajstić information content (AvgIpc) is 3.96. The van der Waals surface area contributed by atoms with E-state index in [9.17, 15) is 0 Å². The summed E-state index contributed by atoms with van der Waals surface area (Å²) in [5, 5.41) is 0. The number of rotatable bonds is 6. The molecule has 0 heterocycles. The lowest BCUT2D eigenvalue weighted by atomic mass is 9.68. The van der Waals surface area contributed by atoms with Gasteiger partial charge < -0.3 is 4.90 Å². The van der Waals surface area contributed by atoms with E-state index in [4.69, 9.17) is 0 Å². The van der Waals surface area contributed by atoms with E-state index in [-0.39, 0.29) is 5.41 Å². The fraction of sp³-hybridized carbons (Fsp3) is 0.0909. The van der Waals surface area contributed by atoms with Gasteiger partial charge in [-0.15, -0.1) is 0 Å². The molecule has 1 spiro atoms. The standard InChI is InChI=1S/C66H47F2N/c1-40-18-15-26-53-60(40)61-41(2)32-34-49(64(61)66(53)54-27-16-29-57(67)62(54)63-55(66)28-17-30-58(63)68)45-36-44(42-19-7-5-8-20-42)37-47(38-45)69(59-31-14-12-23-48(59)43-21-9-6-10-22-43)46-33-35-51-50-24-11-13-25-52(50)65(3,4)56(51)39-46/h5-39H,1-4H3. The van der Waals surface area contributed by atoms with Crippen LogP contribution in [0.1, 0.15) is 58.4 Å². The third-order valence-corrected chi connectivity index (χ3v) is 15.4. The van der Waals surface area contributed by atoms with Gasteiger partial charge in [0.15, 0.2) is 0 Å². The highest BCUT2D eigenvalue weighted by Crippen LogP contribution is 2.66. The fourth-order valence-electron chi connectivity index (χ4n) is 12.5. The topological polar surface area (TPSA) is 3.24 Å². The Bertz CT molecular complexity index is 3680. The van der Waals surface area contributed by atoms with Crippen molar-refractivity contribution >= 4 is 17.1 Å². The van der Waals surface area contributed by atoms with Crippen LogP contribution in [0.15, 0.2) is 212 Å². The van der Waals surface area contributed by atoms with Crippen LogP contribution in [-0.2, 0) is 10.8 Å². The van der Waals surface area contributed by atoms with Crippen LogP contribution in [-0.4, -0.2) is 0 Å². The van der Waals surface area contributed by atoms with Crippen LogP contribution in [0.25, 0.3) is 66.8 Å². The number of halogens is 2. The zero-order chi connectivity index (χ0) is 46.8. The molecule has 0 radical (unpaired) electrons. The minimum Gasteiger partial charge on any atom is -0.310 e. The summed E-state index contributed by atoms with van der Waals surface area (Å²) in [6.07, 6.45) is 0. The summed E-state index contributed by atoms with van der Waals surface area (Å²) < 4.78 is 33.2. The monoisotopic (exact) mass is 891 g/mol. The van der Waals surface area contributed by atoms with Crippen molar-refractivity contribution in [3.05, 3.63) is 268 Å². The van der Waals surface area contributed by atoms with Crippen LogP contribution in [0, 0.1) is 25.5 Å². The van der Waals surface area contributed by atoms with E-state index >= 15 is 8.78 Å². The quantitative estimate of drug-likeness (QED) is 0.161. The maximum atomic E-state index is 16.6. The van der Waals surface area contributed by atoms with Gasteiger partial charge in [0.1, 0.15) is 11.6 Å². The van der Waals surface area contributed by atoms with Crippen molar-refractivity contribution in [3.8, 4) is 66.8 Å². The first-order valence-electron chi connectivity index (χ1n) is 23.9. The third-order valence-electron chi connectivity index (χ3n) is 15.4. The molecule has 3 aliphatic carbocycles. The highest BCUT2D eigenvalue weighted by Gasteiger charge is 2.55. The molecule has 0 fully saturated rings. The predicted octanol–water partition coefficient (Wildman–Crippen LogP) is 17.7. The smallest absolute Gasteiger partial charge is 0.131 e. The molecule has 0 amide bonds. The Labute approximate surface area is 402 Å². The van der Waals surface area contributed by atoms with Gasteiger partial charge in [0.25, 0.3) is 0 Å². The number of hydrogen-bond donors (Lipinski definition) is 0. The first-order valence-corrected chi connectivity index (χ1v) is 23.9. The maximum absolute atomic E-state index is 16.6. The lowest BCUT2D eigenvalue weighted by Crippen LogP contribution is -2.27. The number of para-hydroxylation sites is 1. The van der Waals surface area contributed by atoms with Crippen LogP contribution < -0.4 is 4.90 Å². The van der Waals surface area contributed by atoms with Crippen LogP contribution in [0.3, 0.4) is 0 Å². The first-order chi connectivity index (χ1) is 33.7. The van der Waals surface area contributed by atoms with E-state index in [1.54, 1.807) is 12.1 Å². The second kappa shape index (κ2) is 15.2. The average molecular weight is 892 g/mol. The number of aryl methyl sites for hydroxylation is 2. The van der Waals surface area contributed by atoms with Crippen molar-refractivity contribution in [2.45, 2.75) is 38.5 Å². The number of nitrogens with zero attached hydrogens (tertiary/aromatic N) is 1. The van der Waals surface area contributed by atoms with Gasteiger partial charge in [-0.05, 0) is 157 Å². The van der Waals surface area contributed by atoms with Gasteiger partial charge in [-0.3, -0.25) is 0 Å². The second-order valence-corrected chi connectivity index (χ2v) is 19.5. The highest BCUT2D eigenvalue weighted by atomic mass is 19.1. The molecule has 0 bridgehead atoms. The minimum absolute atomic E-state index is 0.222. The van der Waals surface area contributed by atoms with Gasteiger partial charge in [-0.25, -0.2) is 8.78 Å². The zero-order valence-electron chi connectivity index (χ0n) is 38.9. The number of benzene rings is 10. The maximum Gasteiger partial charge on any atom is 0.131 e. The van der Waals surface area contributed by atoms with Crippen LogP contribution in [0.2, 0.25) is 0 Å². The summed E-state index contributed by atoms with van der Waals surface area (Å²) in [5.41, 5.74) is 22.2. The molecule has 0 saturated heterocycles. The molecular weight excluding hydrogens is 845 g/mol. The normalized spacial score (nSPS) is 13.9. The molecule has 69 heavy (non-hydrogen) atoms. The third kappa shape index (κ3) is 5.80. The molecule has 330 valence electrons. The number of anilines is 3. The van der Waals surface area contributed by atoms with Crippen molar-refractivity contribution in [3.63, 3.8) is 0 Å². The molecule has 0 aromatic heterocycles. The van der Waals surface area contributed by atoms with Crippen molar-refractivity contribution < 1.29 is 8.78 Å². The van der Waals surface area contributed by atoms with Gasteiger partial charge >= 0.3 is 0 Å². The van der Waals surface area contributed by atoms with Crippen LogP contribution in [0.4, 0.5) is 25.8 Å². The summed E-state index contributed by atoms with van der Waals surface area (Å²) in [4.78, 5) is 2.44. The lowest BCUT2D eigenvalue weighted by molar-refractivity contribution is 0.617. The van der Waals surface area contributed by atoms with Gasteiger partial charge in [0.05, 0.1) is 11.1 Å². The van der Waals surface area contributed by atoms with E-state index in [0.717, 1.165) is 95.0 Å². The Morgan fingerprint density at radius 3 is 1.59 bits per heavy atom. The molecule has 3 aliphatic rings. The summed E-state index contributed by atoms with van der Waals surface area (Å²) >= 11 is 0. The molecule has 0 unspecified atom stereocenters. The number of fused-ring (bicyclic) bond motifs is 13. The molecule has 13 rings (SSSR count). The largest absolute Gasteiger partial charge is 0.310 e. The molecule has 10 aromatic carbocycles. The first kappa shape index (κ1) is 41.1. The van der Waals surface area contributed by atoms with Crippen molar-refractivity contribution in [1.29, 1.82) is 0 Å². The molecular formula is C66H47F2N. The van der Waals surface area contributed by atoms with Crippen molar-refractivity contribution in [2.24, 2.45) is 0 Å². The molecule has 0 N–H and O–H groups in total. The summed E-state index contributed by atoms with van der Waals surface area (Å²) in [6, 6.07) is 74.2. The van der Waals surface area contributed by atoms with Gasteiger partial charge in [-0.1, -0.05) is 178 Å². The van der Waals surface area contributed by atoms with E-state index < -0.39 is 17.0 Å². The Kier molecular flexibility index (Phi) is 9.04. The van der Waals surface area contributed by atoms with Gasteiger partial charge in [-0.2, -0.15) is 0 Å². The summed E-state index contributed by atoms with van der Waals surface area (Å²) in [5.74, 6) is -0.844. The van der Waals surface area contributed by atoms with E-state index in [2.05, 4.69) is 209 Å². The predicted molar refractivity (Wildman–Crippen MR) is 281 cm³/mol. The van der Waals surface area contributed by atoms with Gasteiger partial charge in [0.2, 0.25) is 0 Å². The SMILES string of the molecule is Cc1cccc2c1-c1c(C)ccc(-c3cc(-c4ccccc4)cc(N(c4ccc5c(c4)C(C)(C)c4ccccc4-5)c4ccccc4-c4ccccc4)c3)c1C21c2cccc(F)c2-c2c(F)cccc21. The molecule has 3 heteroatoms. The summed E-state index contributed by atoms with van der Waals surface area (Å²) in [7, 11) is 0. The van der Waals surface area contributed by atoms with Crippen molar-refractivity contribution in [2.75, 3.05) is 4.90 Å². The molecule has 0 aliphatic heterocycles. The minimum atomic E-state index is -1.00. The van der Waals surface area contributed by atoms with Crippen molar-refractivity contribution in [1.82, 2.24) is 0 Å². The zero-order valence-corrected chi connectivity index (χ0v) is 38.9. The van der Waals surface area contributed by atoms with E-state index in [1.807, 2.05) is 12.1 Å².